The number of cyclic esters (lactones) is 1. The molecule has 0 N–H and O–H groups in total. The lowest BCUT2D eigenvalue weighted by molar-refractivity contribution is -0.147. The normalized spacial score (nSPS) is 20.0. The number of rotatable bonds is 6. The van der Waals surface area contributed by atoms with Crippen molar-refractivity contribution in [3.63, 3.8) is 0 Å². The standard InChI is InChI=1S/C17H20O5S/c1-17(2)14(13-7-5-12(6-8-13)10-23(19)20)15(16(18)22-17)21-9-11-3-4-11/h5-8,11,23H,3-4,9-10H2,1-2H3. The molecule has 0 saturated heterocycles. The average Bonchev–Trinajstić information content (AvgIpc) is 3.23. The average molecular weight is 336 g/mol. The van der Waals surface area contributed by atoms with Crippen molar-refractivity contribution in [1.82, 2.24) is 0 Å². The molecule has 23 heavy (non-hydrogen) atoms. The number of ether oxygens (including phenoxy) is 2. The maximum atomic E-state index is 12.1. The van der Waals surface area contributed by atoms with Gasteiger partial charge in [-0.1, -0.05) is 24.3 Å². The van der Waals surface area contributed by atoms with E-state index in [2.05, 4.69) is 0 Å². The van der Waals surface area contributed by atoms with Crippen LogP contribution < -0.4 is 0 Å². The van der Waals surface area contributed by atoms with Gasteiger partial charge in [-0.2, -0.15) is 0 Å². The Bertz CT molecular complexity index is 716. The van der Waals surface area contributed by atoms with Gasteiger partial charge >= 0.3 is 5.97 Å². The second-order valence-corrected chi connectivity index (χ2v) is 7.53. The van der Waals surface area contributed by atoms with Gasteiger partial charge in [-0.3, -0.25) is 0 Å². The highest BCUT2D eigenvalue weighted by atomic mass is 32.2. The summed E-state index contributed by atoms with van der Waals surface area (Å²) in [4.78, 5) is 12.1. The number of carbonyl (C=O) groups is 1. The molecule has 0 spiro atoms. The zero-order valence-electron chi connectivity index (χ0n) is 13.2. The fourth-order valence-electron chi connectivity index (χ4n) is 2.73. The molecule has 1 aromatic carbocycles. The van der Waals surface area contributed by atoms with Crippen molar-refractivity contribution in [3.8, 4) is 0 Å². The Kier molecular flexibility index (Phi) is 4.19. The molecule has 6 heteroatoms. The first kappa shape index (κ1) is 16.1. The molecule has 1 aliphatic carbocycles. The quantitative estimate of drug-likeness (QED) is 0.637. The molecule has 0 unspecified atom stereocenters. The molecule has 1 fully saturated rings. The van der Waals surface area contributed by atoms with Crippen molar-refractivity contribution < 1.29 is 22.7 Å². The highest BCUT2D eigenvalue weighted by molar-refractivity contribution is 7.71. The molecule has 0 aromatic heterocycles. The molecule has 0 radical (unpaired) electrons. The van der Waals surface area contributed by atoms with Crippen LogP contribution in [0.2, 0.25) is 0 Å². The Labute approximate surface area is 137 Å². The third-order valence-electron chi connectivity index (χ3n) is 4.08. The van der Waals surface area contributed by atoms with Gasteiger partial charge in [-0.15, -0.1) is 0 Å². The summed E-state index contributed by atoms with van der Waals surface area (Å²) in [6.45, 7) is 4.20. The van der Waals surface area contributed by atoms with Gasteiger partial charge in [0.15, 0.2) is 0 Å². The molecule has 1 saturated carbocycles. The van der Waals surface area contributed by atoms with Crippen molar-refractivity contribution in [2.45, 2.75) is 38.0 Å². The highest BCUT2D eigenvalue weighted by Gasteiger charge is 2.43. The first-order valence-corrected chi connectivity index (χ1v) is 9.05. The van der Waals surface area contributed by atoms with Crippen molar-refractivity contribution in [2.24, 2.45) is 5.92 Å². The SMILES string of the molecule is CC1(C)OC(=O)C(OCC2CC2)=C1c1ccc(C[SH](=O)=O)cc1. The number of thiol groups is 1. The van der Waals surface area contributed by atoms with Crippen LogP contribution in [0.15, 0.2) is 30.0 Å². The van der Waals surface area contributed by atoms with Crippen molar-refractivity contribution >= 4 is 22.2 Å². The lowest BCUT2D eigenvalue weighted by Gasteiger charge is -2.21. The van der Waals surface area contributed by atoms with Crippen LogP contribution in [0.4, 0.5) is 0 Å². The molecule has 1 aromatic rings. The summed E-state index contributed by atoms with van der Waals surface area (Å²) >= 11 is 0. The fourth-order valence-corrected chi connectivity index (χ4v) is 3.23. The summed E-state index contributed by atoms with van der Waals surface area (Å²) in [5.74, 6) is 0.399. The largest absolute Gasteiger partial charge is 0.486 e. The second-order valence-electron chi connectivity index (χ2n) is 6.55. The maximum Gasteiger partial charge on any atom is 0.374 e. The van der Waals surface area contributed by atoms with Gasteiger partial charge in [0.1, 0.15) is 16.3 Å². The third kappa shape index (κ3) is 3.58. The summed E-state index contributed by atoms with van der Waals surface area (Å²) in [7, 11) is -2.45. The Hall–Kier alpha value is -1.82. The first-order chi connectivity index (χ1) is 10.9. The lowest BCUT2D eigenvalue weighted by atomic mass is 9.91. The molecular weight excluding hydrogens is 316 g/mol. The number of benzene rings is 1. The predicted octanol–water partition coefficient (Wildman–Crippen LogP) is 2.27. The molecule has 1 aliphatic heterocycles. The van der Waals surface area contributed by atoms with Crippen molar-refractivity contribution in [3.05, 3.63) is 41.2 Å². The van der Waals surface area contributed by atoms with E-state index < -0.39 is 22.3 Å². The van der Waals surface area contributed by atoms with Crippen LogP contribution in [0.25, 0.3) is 5.57 Å². The second kappa shape index (κ2) is 6.00. The van der Waals surface area contributed by atoms with E-state index in [4.69, 9.17) is 9.47 Å². The molecular formula is C17H20O5S. The van der Waals surface area contributed by atoms with Gasteiger partial charge in [-0.05, 0) is 43.7 Å². The predicted molar refractivity (Wildman–Crippen MR) is 86.2 cm³/mol. The number of hydrogen-bond acceptors (Lipinski definition) is 5. The van der Waals surface area contributed by atoms with Gasteiger partial charge in [0, 0.05) is 0 Å². The summed E-state index contributed by atoms with van der Waals surface area (Å²) in [6, 6.07) is 7.14. The van der Waals surface area contributed by atoms with Crippen LogP contribution in [-0.2, 0) is 30.7 Å². The van der Waals surface area contributed by atoms with E-state index in [0.29, 0.717) is 18.1 Å². The molecule has 2 aliphatic rings. The van der Waals surface area contributed by atoms with E-state index >= 15 is 0 Å². The summed E-state index contributed by atoms with van der Waals surface area (Å²) in [6.07, 6.45) is 2.28. The Morgan fingerprint density at radius 2 is 1.87 bits per heavy atom. The van der Waals surface area contributed by atoms with Crippen LogP contribution >= 0.6 is 0 Å². The summed E-state index contributed by atoms with van der Waals surface area (Å²) in [5, 5.41) is 0. The lowest BCUT2D eigenvalue weighted by Crippen LogP contribution is -2.22. The van der Waals surface area contributed by atoms with E-state index in [0.717, 1.165) is 24.0 Å². The third-order valence-corrected chi connectivity index (χ3v) is 4.70. The first-order valence-electron chi connectivity index (χ1n) is 7.69. The summed E-state index contributed by atoms with van der Waals surface area (Å²) in [5.41, 5.74) is 1.49. The van der Waals surface area contributed by atoms with Gasteiger partial charge in [0.05, 0.1) is 17.9 Å². The number of hydrogen-bond donors (Lipinski definition) is 1. The fraction of sp³-hybridized carbons (Fsp3) is 0.471. The van der Waals surface area contributed by atoms with Crippen LogP contribution in [0, 0.1) is 5.92 Å². The Morgan fingerprint density at radius 3 is 2.43 bits per heavy atom. The Balaban J connectivity index is 1.92. The molecule has 1 heterocycles. The van der Waals surface area contributed by atoms with Crippen molar-refractivity contribution in [1.29, 1.82) is 0 Å². The molecule has 5 nitrogen and oxygen atoms in total. The van der Waals surface area contributed by atoms with E-state index in [1.165, 1.54) is 0 Å². The van der Waals surface area contributed by atoms with Gasteiger partial charge in [0.25, 0.3) is 0 Å². The van der Waals surface area contributed by atoms with E-state index in [-0.39, 0.29) is 11.5 Å². The molecule has 0 bridgehead atoms. The van der Waals surface area contributed by atoms with Crippen molar-refractivity contribution in [2.75, 3.05) is 6.61 Å². The minimum Gasteiger partial charge on any atom is -0.486 e. The topological polar surface area (TPSA) is 69.7 Å². The van der Waals surface area contributed by atoms with Gasteiger partial charge in [-0.25, -0.2) is 13.2 Å². The van der Waals surface area contributed by atoms with Crippen LogP contribution in [-0.4, -0.2) is 26.6 Å². The van der Waals surface area contributed by atoms with Crippen LogP contribution in [0.3, 0.4) is 0 Å². The molecule has 0 amide bonds. The maximum absolute atomic E-state index is 12.1. The highest BCUT2D eigenvalue weighted by Crippen LogP contribution is 2.41. The van der Waals surface area contributed by atoms with Crippen LogP contribution in [0.5, 0.6) is 0 Å². The van der Waals surface area contributed by atoms with E-state index in [1.807, 2.05) is 26.0 Å². The smallest absolute Gasteiger partial charge is 0.374 e. The van der Waals surface area contributed by atoms with Crippen LogP contribution in [0.1, 0.15) is 37.8 Å². The minimum absolute atomic E-state index is 0.0124. The zero-order valence-corrected chi connectivity index (χ0v) is 14.1. The minimum atomic E-state index is -2.45. The molecule has 0 atom stereocenters. The Morgan fingerprint density at radius 1 is 1.22 bits per heavy atom. The van der Waals surface area contributed by atoms with Gasteiger partial charge in [0.2, 0.25) is 5.76 Å². The monoisotopic (exact) mass is 336 g/mol. The zero-order chi connectivity index (χ0) is 16.6. The van der Waals surface area contributed by atoms with Gasteiger partial charge < -0.3 is 9.47 Å². The molecule has 124 valence electrons. The summed E-state index contributed by atoms with van der Waals surface area (Å²) < 4.78 is 32.8. The molecule has 3 rings (SSSR count). The van der Waals surface area contributed by atoms with E-state index in [1.54, 1.807) is 12.1 Å². The number of esters is 1. The number of carbonyl (C=O) groups excluding carboxylic acids is 1. The van der Waals surface area contributed by atoms with E-state index in [9.17, 15) is 13.2 Å².